The first-order valence-electron chi connectivity index (χ1n) is 4.33. The van der Waals surface area contributed by atoms with E-state index in [-0.39, 0.29) is 6.10 Å². The molecule has 74 valence electrons. The van der Waals surface area contributed by atoms with Crippen molar-refractivity contribution >= 4 is 5.97 Å². The van der Waals surface area contributed by atoms with E-state index in [0.29, 0.717) is 12.4 Å². The van der Waals surface area contributed by atoms with Crippen molar-refractivity contribution < 1.29 is 19.4 Å². The summed E-state index contributed by atoms with van der Waals surface area (Å²) in [6.07, 6.45) is -1.19. The van der Waals surface area contributed by atoms with Crippen molar-refractivity contribution in [3.63, 3.8) is 0 Å². The SMILES string of the molecule is O=C(O)C(Oc1ccccc1)C1CO1. The molecule has 0 spiro atoms. The lowest BCUT2D eigenvalue weighted by molar-refractivity contribution is -0.145. The maximum atomic E-state index is 10.8. The van der Waals surface area contributed by atoms with Crippen molar-refractivity contribution in [2.75, 3.05) is 6.61 Å². The molecule has 2 rings (SSSR count). The molecule has 0 aliphatic carbocycles. The number of rotatable bonds is 4. The molecule has 1 aromatic carbocycles. The lowest BCUT2D eigenvalue weighted by Crippen LogP contribution is -2.32. The zero-order valence-electron chi connectivity index (χ0n) is 7.42. The predicted octanol–water partition coefficient (Wildman–Crippen LogP) is 0.917. The maximum Gasteiger partial charge on any atom is 0.347 e. The number of ether oxygens (including phenoxy) is 2. The molecule has 0 saturated carbocycles. The number of aliphatic carboxylic acids is 1. The molecule has 0 radical (unpaired) electrons. The number of carboxylic acids is 1. The minimum atomic E-state index is -0.989. The van der Waals surface area contributed by atoms with Gasteiger partial charge < -0.3 is 14.6 Å². The van der Waals surface area contributed by atoms with Crippen molar-refractivity contribution in [2.24, 2.45) is 0 Å². The summed E-state index contributed by atoms with van der Waals surface area (Å²) < 4.78 is 10.2. The summed E-state index contributed by atoms with van der Waals surface area (Å²) in [6, 6.07) is 8.87. The van der Waals surface area contributed by atoms with Gasteiger partial charge in [-0.1, -0.05) is 18.2 Å². The molecule has 4 heteroatoms. The van der Waals surface area contributed by atoms with Gasteiger partial charge in [0, 0.05) is 0 Å². The van der Waals surface area contributed by atoms with E-state index in [1.165, 1.54) is 0 Å². The second-order valence-electron chi connectivity index (χ2n) is 3.06. The van der Waals surface area contributed by atoms with Crippen LogP contribution in [0.15, 0.2) is 30.3 Å². The molecule has 1 aliphatic heterocycles. The fraction of sp³-hybridized carbons (Fsp3) is 0.300. The number of epoxide rings is 1. The van der Waals surface area contributed by atoms with Gasteiger partial charge in [-0.15, -0.1) is 0 Å². The number of hydrogen-bond donors (Lipinski definition) is 1. The van der Waals surface area contributed by atoms with E-state index in [2.05, 4.69) is 0 Å². The predicted molar refractivity (Wildman–Crippen MR) is 48.2 cm³/mol. The Morgan fingerprint density at radius 2 is 2.14 bits per heavy atom. The second kappa shape index (κ2) is 3.67. The van der Waals surface area contributed by atoms with Gasteiger partial charge in [-0.25, -0.2) is 4.79 Å². The highest BCUT2D eigenvalue weighted by atomic mass is 16.6. The summed E-state index contributed by atoms with van der Waals surface area (Å²) >= 11 is 0. The number of carboxylic acid groups (broad SMARTS) is 1. The smallest absolute Gasteiger partial charge is 0.347 e. The van der Waals surface area contributed by atoms with Crippen LogP contribution in [0.25, 0.3) is 0 Å². The molecule has 2 atom stereocenters. The molecule has 1 aliphatic rings. The van der Waals surface area contributed by atoms with Crippen LogP contribution in [0, 0.1) is 0 Å². The maximum absolute atomic E-state index is 10.8. The summed E-state index contributed by atoms with van der Waals surface area (Å²) in [6.45, 7) is 0.462. The fourth-order valence-corrected chi connectivity index (χ4v) is 1.16. The first-order chi connectivity index (χ1) is 6.77. The molecule has 1 fully saturated rings. The number of hydrogen-bond acceptors (Lipinski definition) is 3. The van der Waals surface area contributed by atoms with Crippen molar-refractivity contribution in [1.29, 1.82) is 0 Å². The molecule has 1 saturated heterocycles. The zero-order valence-corrected chi connectivity index (χ0v) is 7.42. The summed E-state index contributed by atoms with van der Waals surface area (Å²) in [5.74, 6) is -0.438. The molecular formula is C10H10O4. The number of benzene rings is 1. The Morgan fingerprint density at radius 3 is 2.64 bits per heavy atom. The third kappa shape index (κ3) is 2.03. The van der Waals surface area contributed by atoms with Gasteiger partial charge in [0.1, 0.15) is 11.9 Å². The largest absolute Gasteiger partial charge is 0.478 e. The molecule has 0 bridgehead atoms. The summed E-state index contributed by atoms with van der Waals surface area (Å²) in [5, 5.41) is 8.84. The molecular weight excluding hydrogens is 184 g/mol. The van der Waals surface area contributed by atoms with Crippen LogP contribution in [0.3, 0.4) is 0 Å². The van der Waals surface area contributed by atoms with Gasteiger partial charge in [0.2, 0.25) is 6.10 Å². The molecule has 1 aromatic rings. The Bertz CT molecular complexity index is 318. The second-order valence-corrected chi connectivity index (χ2v) is 3.06. The highest BCUT2D eigenvalue weighted by Gasteiger charge is 2.39. The third-order valence-corrected chi connectivity index (χ3v) is 1.95. The molecule has 1 N–H and O–H groups in total. The Labute approximate surface area is 81.1 Å². The number of carbonyl (C=O) groups is 1. The van der Waals surface area contributed by atoms with Crippen LogP contribution >= 0.6 is 0 Å². The summed E-state index contributed by atoms with van der Waals surface area (Å²) in [5.41, 5.74) is 0. The summed E-state index contributed by atoms with van der Waals surface area (Å²) in [7, 11) is 0. The minimum absolute atomic E-state index is 0.298. The van der Waals surface area contributed by atoms with Gasteiger partial charge in [0.05, 0.1) is 6.61 Å². The average Bonchev–Trinajstić information content (AvgIpc) is 2.99. The van der Waals surface area contributed by atoms with Gasteiger partial charge >= 0.3 is 5.97 Å². The third-order valence-electron chi connectivity index (χ3n) is 1.95. The van der Waals surface area contributed by atoms with Gasteiger partial charge in [-0.3, -0.25) is 0 Å². The Morgan fingerprint density at radius 1 is 1.50 bits per heavy atom. The van der Waals surface area contributed by atoms with E-state index in [9.17, 15) is 4.79 Å². The van der Waals surface area contributed by atoms with Gasteiger partial charge in [-0.05, 0) is 12.1 Å². The monoisotopic (exact) mass is 194 g/mol. The Balaban J connectivity index is 2.04. The molecule has 1 heterocycles. The first-order valence-corrected chi connectivity index (χ1v) is 4.33. The first kappa shape index (κ1) is 9.02. The topological polar surface area (TPSA) is 59.1 Å². The van der Waals surface area contributed by atoms with E-state index in [1.54, 1.807) is 24.3 Å². The molecule has 2 unspecified atom stereocenters. The van der Waals surface area contributed by atoms with Crippen LogP contribution in [0.1, 0.15) is 0 Å². The molecule has 0 aromatic heterocycles. The van der Waals surface area contributed by atoms with Crippen LogP contribution in [0.4, 0.5) is 0 Å². The molecule has 14 heavy (non-hydrogen) atoms. The molecule has 0 amide bonds. The molecule has 4 nitrogen and oxygen atoms in total. The van der Waals surface area contributed by atoms with Crippen LogP contribution < -0.4 is 4.74 Å². The van der Waals surface area contributed by atoms with Crippen molar-refractivity contribution in [2.45, 2.75) is 12.2 Å². The lowest BCUT2D eigenvalue weighted by atomic mass is 10.2. The van der Waals surface area contributed by atoms with Crippen molar-refractivity contribution in [3.05, 3.63) is 30.3 Å². The van der Waals surface area contributed by atoms with Crippen molar-refractivity contribution in [1.82, 2.24) is 0 Å². The van der Waals surface area contributed by atoms with E-state index < -0.39 is 12.1 Å². The lowest BCUT2D eigenvalue weighted by Gasteiger charge is -2.12. The van der Waals surface area contributed by atoms with Crippen molar-refractivity contribution in [3.8, 4) is 5.75 Å². The van der Waals surface area contributed by atoms with E-state index in [1.807, 2.05) is 6.07 Å². The Hall–Kier alpha value is -1.55. The van der Waals surface area contributed by atoms with Crippen LogP contribution in [0.5, 0.6) is 5.75 Å². The zero-order chi connectivity index (χ0) is 9.97. The van der Waals surface area contributed by atoms with Gasteiger partial charge in [-0.2, -0.15) is 0 Å². The van der Waals surface area contributed by atoms with Crippen LogP contribution in [-0.4, -0.2) is 29.9 Å². The highest BCUT2D eigenvalue weighted by molar-refractivity contribution is 5.74. The fourth-order valence-electron chi connectivity index (χ4n) is 1.16. The van der Waals surface area contributed by atoms with Gasteiger partial charge in [0.15, 0.2) is 0 Å². The highest BCUT2D eigenvalue weighted by Crippen LogP contribution is 2.20. The quantitative estimate of drug-likeness (QED) is 0.724. The standard InChI is InChI=1S/C10H10O4/c11-10(12)9(8-6-13-8)14-7-4-2-1-3-5-7/h1-5,8-9H,6H2,(H,11,12). The normalized spacial score (nSPS) is 21.3. The van der Waals surface area contributed by atoms with E-state index >= 15 is 0 Å². The van der Waals surface area contributed by atoms with Crippen LogP contribution in [-0.2, 0) is 9.53 Å². The Kier molecular flexibility index (Phi) is 2.37. The van der Waals surface area contributed by atoms with Gasteiger partial charge in [0.25, 0.3) is 0 Å². The average molecular weight is 194 g/mol. The number of para-hydroxylation sites is 1. The minimum Gasteiger partial charge on any atom is -0.478 e. The van der Waals surface area contributed by atoms with E-state index in [4.69, 9.17) is 14.6 Å². The summed E-state index contributed by atoms with van der Waals surface area (Å²) in [4.78, 5) is 10.8. The van der Waals surface area contributed by atoms with E-state index in [0.717, 1.165) is 0 Å². The van der Waals surface area contributed by atoms with Crippen LogP contribution in [0.2, 0.25) is 0 Å².